The maximum atomic E-state index is 14.0. The number of carbonyl (C=O) groups is 2. The van der Waals surface area contributed by atoms with Crippen molar-refractivity contribution >= 4 is 22.9 Å². The third-order valence-corrected chi connectivity index (χ3v) is 9.80. The normalized spacial score (nSPS) is 24.2. The van der Waals surface area contributed by atoms with Gasteiger partial charge >= 0.3 is 5.97 Å². The van der Waals surface area contributed by atoms with Crippen LogP contribution >= 0.6 is 0 Å². The van der Waals surface area contributed by atoms with Crippen molar-refractivity contribution in [3.8, 4) is 0 Å². The van der Waals surface area contributed by atoms with Crippen LogP contribution in [0.2, 0.25) is 0 Å². The highest BCUT2D eigenvalue weighted by atomic mass is 16.5. The fraction of sp³-hybridized carbons (Fsp3) is 0.697. The van der Waals surface area contributed by atoms with E-state index in [4.69, 9.17) is 4.74 Å². The molecule has 3 aliphatic rings. The second-order valence-corrected chi connectivity index (χ2v) is 12.6. The van der Waals surface area contributed by atoms with Crippen molar-refractivity contribution in [1.82, 2.24) is 19.4 Å². The Labute approximate surface area is 244 Å². The van der Waals surface area contributed by atoms with Crippen molar-refractivity contribution in [2.24, 2.45) is 5.92 Å². The molecule has 8 heteroatoms. The monoisotopic (exact) mass is 564 g/mol. The number of hydrogen-bond donors (Lipinski definition) is 0. The van der Waals surface area contributed by atoms with Crippen LogP contribution in [0.3, 0.4) is 0 Å². The van der Waals surface area contributed by atoms with Gasteiger partial charge in [-0.1, -0.05) is 44.2 Å². The van der Waals surface area contributed by atoms with Crippen molar-refractivity contribution in [3.63, 3.8) is 0 Å². The van der Waals surface area contributed by atoms with Gasteiger partial charge in [0.1, 0.15) is 0 Å². The topological polar surface area (TPSA) is 84.7 Å². The maximum Gasteiger partial charge on any atom is 0.309 e. The average Bonchev–Trinajstić information content (AvgIpc) is 3.31. The maximum absolute atomic E-state index is 14.0. The van der Waals surface area contributed by atoms with Crippen LogP contribution in [0.25, 0.3) is 11.0 Å². The second kappa shape index (κ2) is 13.5. The van der Waals surface area contributed by atoms with E-state index in [1.54, 1.807) is 11.8 Å². The summed E-state index contributed by atoms with van der Waals surface area (Å²) in [4.78, 5) is 49.0. The highest BCUT2D eigenvalue weighted by Gasteiger charge is 2.37. The summed E-state index contributed by atoms with van der Waals surface area (Å²) in [5.41, 5.74) is 1.13. The number of amides is 1. The molecule has 0 N–H and O–H groups in total. The summed E-state index contributed by atoms with van der Waals surface area (Å²) in [5, 5.41) is 0. The quantitative estimate of drug-likeness (QED) is 0.400. The van der Waals surface area contributed by atoms with Crippen molar-refractivity contribution in [3.05, 3.63) is 40.3 Å². The van der Waals surface area contributed by atoms with Gasteiger partial charge in [0.25, 0.3) is 11.5 Å². The molecule has 0 radical (unpaired) electrons. The van der Waals surface area contributed by atoms with Gasteiger partial charge in [-0.2, -0.15) is 0 Å². The van der Waals surface area contributed by atoms with E-state index in [1.807, 2.05) is 28.8 Å². The molecule has 0 unspecified atom stereocenters. The molecule has 3 heterocycles. The van der Waals surface area contributed by atoms with Gasteiger partial charge in [0.05, 0.1) is 23.6 Å². The first-order chi connectivity index (χ1) is 19.9. The van der Waals surface area contributed by atoms with Crippen LogP contribution in [0.5, 0.6) is 0 Å². The molecule has 2 aromatic rings. The number of esters is 1. The van der Waals surface area contributed by atoms with Crippen LogP contribution in [-0.4, -0.2) is 69.0 Å². The van der Waals surface area contributed by atoms with E-state index in [2.05, 4.69) is 23.7 Å². The lowest BCUT2D eigenvalue weighted by Gasteiger charge is -2.38. The SMILES string of the molecule is CCOC(=O)C1CCN(C(=O)c2nc3ccccc3n([C@@H](C)C[C@@H]3CC[C@H](C)N3C3CCCCCCC3)c2=O)CC1. The standard InChI is InChI=1S/C33H48N4O4/c1-4-41-33(40)25-18-20-35(21-19-25)31(38)30-32(39)37(29-15-11-10-14-28(29)34-30)24(3)22-27-17-16-23(2)36(27)26-12-8-6-5-7-9-13-26/h10-11,14-15,23-27H,4-9,12-13,16-22H2,1-3H3/t23-,24-,27-/m0/s1. The minimum atomic E-state index is -0.338. The number of fused-ring (bicyclic) bond motifs is 1. The van der Waals surface area contributed by atoms with Crippen molar-refractivity contribution in [1.29, 1.82) is 0 Å². The Bertz CT molecular complexity index is 1260. The molecule has 1 amide bonds. The summed E-state index contributed by atoms with van der Waals surface area (Å²) in [7, 11) is 0. The molecule has 2 aliphatic heterocycles. The number of rotatable bonds is 7. The first-order valence-electron chi connectivity index (χ1n) is 16.1. The summed E-state index contributed by atoms with van der Waals surface area (Å²) < 4.78 is 7.01. The van der Waals surface area contributed by atoms with Crippen LogP contribution in [-0.2, 0) is 9.53 Å². The fourth-order valence-electron chi connectivity index (χ4n) is 7.68. The van der Waals surface area contributed by atoms with E-state index in [0.717, 1.165) is 18.4 Å². The molecule has 224 valence electrons. The molecule has 5 rings (SSSR count). The highest BCUT2D eigenvalue weighted by Crippen LogP contribution is 2.36. The third-order valence-electron chi connectivity index (χ3n) is 9.80. The Morgan fingerprint density at radius 2 is 1.66 bits per heavy atom. The molecular formula is C33H48N4O4. The van der Waals surface area contributed by atoms with Gasteiger partial charge in [-0.15, -0.1) is 0 Å². The Kier molecular flexibility index (Phi) is 9.79. The Hall–Kier alpha value is -2.74. The van der Waals surface area contributed by atoms with E-state index in [9.17, 15) is 14.4 Å². The Balaban J connectivity index is 1.38. The predicted octanol–water partition coefficient (Wildman–Crippen LogP) is 5.73. The minimum absolute atomic E-state index is 0.0122. The molecule has 1 aliphatic carbocycles. The lowest BCUT2D eigenvalue weighted by Crippen LogP contribution is -2.45. The van der Waals surface area contributed by atoms with E-state index in [1.165, 1.54) is 51.4 Å². The number of benzene rings is 1. The van der Waals surface area contributed by atoms with E-state index < -0.39 is 0 Å². The number of para-hydroxylation sites is 2. The third kappa shape index (κ3) is 6.52. The number of nitrogens with zero attached hydrogens (tertiary/aromatic N) is 4. The van der Waals surface area contributed by atoms with E-state index in [0.29, 0.717) is 56.2 Å². The number of likely N-dealkylation sites (tertiary alicyclic amines) is 2. The largest absolute Gasteiger partial charge is 0.466 e. The highest BCUT2D eigenvalue weighted by molar-refractivity contribution is 5.94. The van der Waals surface area contributed by atoms with Gasteiger partial charge in [-0.3, -0.25) is 19.3 Å². The van der Waals surface area contributed by atoms with Gasteiger partial charge < -0.3 is 14.2 Å². The molecule has 1 saturated carbocycles. The zero-order valence-electron chi connectivity index (χ0n) is 25.2. The fourth-order valence-corrected chi connectivity index (χ4v) is 7.68. The summed E-state index contributed by atoms with van der Waals surface area (Å²) >= 11 is 0. The molecule has 0 spiro atoms. The Morgan fingerprint density at radius 1 is 0.976 bits per heavy atom. The van der Waals surface area contributed by atoms with Gasteiger partial charge in [-0.25, -0.2) is 4.98 Å². The smallest absolute Gasteiger partial charge is 0.309 e. The van der Waals surface area contributed by atoms with Crippen molar-refractivity contribution < 1.29 is 14.3 Å². The van der Waals surface area contributed by atoms with Crippen LogP contribution in [0.4, 0.5) is 0 Å². The zero-order valence-corrected chi connectivity index (χ0v) is 25.2. The van der Waals surface area contributed by atoms with Crippen LogP contribution in [0.15, 0.2) is 29.1 Å². The zero-order chi connectivity index (χ0) is 28.9. The lowest BCUT2D eigenvalue weighted by molar-refractivity contribution is -0.149. The molecule has 3 fully saturated rings. The first-order valence-corrected chi connectivity index (χ1v) is 16.1. The van der Waals surface area contributed by atoms with Gasteiger partial charge in [-0.05, 0) is 77.8 Å². The molecule has 41 heavy (non-hydrogen) atoms. The number of ether oxygens (including phenoxy) is 1. The predicted molar refractivity (Wildman–Crippen MR) is 161 cm³/mol. The Morgan fingerprint density at radius 3 is 2.37 bits per heavy atom. The second-order valence-electron chi connectivity index (χ2n) is 12.6. The molecule has 8 nitrogen and oxygen atoms in total. The van der Waals surface area contributed by atoms with Crippen molar-refractivity contribution in [2.75, 3.05) is 19.7 Å². The molecule has 0 bridgehead atoms. The summed E-state index contributed by atoms with van der Waals surface area (Å²) in [6.07, 6.45) is 13.5. The van der Waals surface area contributed by atoms with Gasteiger partial charge in [0, 0.05) is 37.3 Å². The molecule has 1 aromatic heterocycles. The number of aromatic nitrogens is 2. The summed E-state index contributed by atoms with van der Waals surface area (Å²) in [6, 6.07) is 9.24. The van der Waals surface area contributed by atoms with Gasteiger partial charge in [0.2, 0.25) is 0 Å². The number of piperidine rings is 1. The van der Waals surface area contributed by atoms with Crippen LogP contribution in [0.1, 0.15) is 114 Å². The number of hydrogen-bond acceptors (Lipinski definition) is 6. The first kappa shape index (κ1) is 29.7. The summed E-state index contributed by atoms with van der Waals surface area (Å²) in [5.74, 6) is -0.737. The summed E-state index contributed by atoms with van der Waals surface area (Å²) in [6.45, 7) is 7.50. The lowest BCUT2D eigenvalue weighted by atomic mass is 9.94. The van der Waals surface area contributed by atoms with Crippen LogP contribution in [0, 0.1) is 5.92 Å². The molecule has 1 aromatic carbocycles. The van der Waals surface area contributed by atoms with E-state index >= 15 is 0 Å². The average molecular weight is 565 g/mol. The molecular weight excluding hydrogens is 516 g/mol. The van der Waals surface area contributed by atoms with E-state index in [-0.39, 0.29) is 35.1 Å². The van der Waals surface area contributed by atoms with Crippen LogP contribution < -0.4 is 5.56 Å². The minimum Gasteiger partial charge on any atom is -0.466 e. The number of carbonyl (C=O) groups excluding carboxylic acids is 2. The van der Waals surface area contributed by atoms with Crippen molar-refractivity contribution in [2.45, 2.75) is 122 Å². The molecule has 3 atom stereocenters. The van der Waals surface area contributed by atoms with Gasteiger partial charge in [0.15, 0.2) is 5.69 Å². The molecule has 2 saturated heterocycles.